The standard InChI is InChI=1S/C14H20INO2/c1-4-10(5-2)9(3)16-14(18)11-6-7-12(15)13(17)8-11/h6-10,17H,4-5H2,1-3H3,(H,16,18). The molecule has 0 radical (unpaired) electrons. The number of phenolic OH excluding ortho intramolecular Hbond substituents is 1. The molecule has 0 spiro atoms. The number of hydrogen-bond donors (Lipinski definition) is 2. The summed E-state index contributed by atoms with van der Waals surface area (Å²) in [5.74, 6) is 0.519. The van der Waals surface area contributed by atoms with Gasteiger partial charge in [-0.1, -0.05) is 26.7 Å². The van der Waals surface area contributed by atoms with Crippen molar-refractivity contribution in [1.29, 1.82) is 0 Å². The molecule has 4 heteroatoms. The highest BCUT2D eigenvalue weighted by atomic mass is 127. The van der Waals surface area contributed by atoms with Crippen LogP contribution in [0.5, 0.6) is 5.75 Å². The average Bonchev–Trinajstić information content (AvgIpc) is 2.34. The monoisotopic (exact) mass is 361 g/mol. The van der Waals surface area contributed by atoms with E-state index in [-0.39, 0.29) is 17.7 Å². The highest BCUT2D eigenvalue weighted by Gasteiger charge is 2.17. The molecule has 100 valence electrons. The van der Waals surface area contributed by atoms with E-state index in [0.717, 1.165) is 16.4 Å². The molecule has 0 aliphatic rings. The van der Waals surface area contributed by atoms with Crippen molar-refractivity contribution in [1.82, 2.24) is 5.32 Å². The fourth-order valence-electron chi connectivity index (χ4n) is 2.06. The second kappa shape index (κ2) is 6.97. The molecule has 0 fully saturated rings. The van der Waals surface area contributed by atoms with Gasteiger partial charge in [0.15, 0.2) is 0 Å². The Bertz CT molecular complexity index is 416. The predicted octanol–water partition coefficient (Wildman–Crippen LogP) is 3.55. The van der Waals surface area contributed by atoms with E-state index in [1.54, 1.807) is 12.1 Å². The summed E-state index contributed by atoms with van der Waals surface area (Å²) in [6.45, 7) is 6.29. The zero-order chi connectivity index (χ0) is 13.7. The second-order valence-corrected chi connectivity index (χ2v) is 5.67. The molecule has 0 aromatic heterocycles. The number of phenols is 1. The Morgan fingerprint density at radius 2 is 2.00 bits per heavy atom. The van der Waals surface area contributed by atoms with Gasteiger partial charge in [-0.25, -0.2) is 0 Å². The zero-order valence-electron chi connectivity index (χ0n) is 11.0. The quantitative estimate of drug-likeness (QED) is 0.788. The Morgan fingerprint density at radius 1 is 1.39 bits per heavy atom. The second-order valence-electron chi connectivity index (χ2n) is 4.50. The molecule has 0 heterocycles. The van der Waals surface area contributed by atoms with E-state index in [2.05, 4.69) is 19.2 Å². The maximum Gasteiger partial charge on any atom is 0.251 e. The van der Waals surface area contributed by atoms with Crippen LogP contribution < -0.4 is 5.32 Å². The summed E-state index contributed by atoms with van der Waals surface area (Å²) in [6.07, 6.45) is 2.10. The van der Waals surface area contributed by atoms with E-state index in [9.17, 15) is 9.90 Å². The van der Waals surface area contributed by atoms with Crippen LogP contribution in [0, 0.1) is 9.49 Å². The van der Waals surface area contributed by atoms with Gasteiger partial charge in [-0.3, -0.25) is 4.79 Å². The van der Waals surface area contributed by atoms with Crippen LogP contribution in [0.15, 0.2) is 18.2 Å². The Labute approximate surface area is 122 Å². The Kier molecular flexibility index (Phi) is 5.91. The largest absolute Gasteiger partial charge is 0.507 e. The number of aromatic hydroxyl groups is 1. The molecule has 1 unspecified atom stereocenters. The van der Waals surface area contributed by atoms with Gasteiger partial charge in [0, 0.05) is 11.6 Å². The Hall–Kier alpha value is -0.780. The van der Waals surface area contributed by atoms with E-state index in [1.165, 1.54) is 6.07 Å². The molecular weight excluding hydrogens is 341 g/mol. The maximum absolute atomic E-state index is 12.0. The molecule has 0 aliphatic heterocycles. The molecule has 0 saturated carbocycles. The lowest BCUT2D eigenvalue weighted by Crippen LogP contribution is -2.37. The molecular formula is C14H20INO2. The van der Waals surface area contributed by atoms with Crippen LogP contribution in [0.2, 0.25) is 0 Å². The van der Waals surface area contributed by atoms with Crippen LogP contribution in [0.1, 0.15) is 44.0 Å². The molecule has 1 aromatic carbocycles. The lowest BCUT2D eigenvalue weighted by molar-refractivity contribution is 0.0925. The fraction of sp³-hybridized carbons (Fsp3) is 0.500. The van der Waals surface area contributed by atoms with Crippen LogP contribution in [-0.4, -0.2) is 17.1 Å². The van der Waals surface area contributed by atoms with Crippen molar-refractivity contribution in [2.45, 2.75) is 39.7 Å². The summed E-state index contributed by atoms with van der Waals surface area (Å²) >= 11 is 2.03. The number of benzene rings is 1. The van der Waals surface area contributed by atoms with Crippen LogP contribution in [0.4, 0.5) is 0 Å². The number of halogens is 1. The molecule has 3 nitrogen and oxygen atoms in total. The minimum absolute atomic E-state index is 0.124. The summed E-state index contributed by atoms with van der Waals surface area (Å²) in [7, 11) is 0. The molecule has 2 N–H and O–H groups in total. The smallest absolute Gasteiger partial charge is 0.251 e. The SMILES string of the molecule is CCC(CC)C(C)NC(=O)c1ccc(I)c(O)c1. The number of amides is 1. The summed E-state index contributed by atoms with van der Waals surface area (Å²) in [5.41, 5.74) is 0.505. The highest BCUT2D eigenvalue weighted by molar-refractivity contribution is 14.1. The third-order valence-corrected chi connectivity index (χ3v) is 4.24. The van der Waals surface area contributed by atoms with Crippen molar-refractivity contribution in [3.05, 3.63) is 27.3 Å². The van der Waals surface area contributed by atoms with E-state index in [4.69, 9.17) is 0 Å². The highest BCUT2D eigenvalue weighted by Crippen LogP contribution is 2.21. The first-order chi connectivity index (χ1) is 8.49. The van der Waals surface area contributed by atoms with E-state index in [1.807, 2.05) is 29.5 Å². The van der Waals surface area contributed by atoms with Gasteiger partial charge in [0.05, 0.1) is 3.57 Å². The van der Waals surface area contributed by atoms with Crippen LogP contribution >= 0.6 is 22.6 Å². The molecule has 18 heavy (non-hydrogen) atoms. The zero-order valence-corrected chi connectivity index (χ0v) is 13.2. The van der Waals surface area contributed by atoms with Crippen LogP contribution in [-0.2, 0) is 0 Å². The van der Waals surface area contributed by atoms with Crippen molar-refractivity contribution in [3.8, 4) is 5.75 Å². The van der Waals surface area contributed by atoms with Crippen LogP contribution in [0.25, 0.3) is 0 Å². The predicted molar refractivity (Wildman–Crippen MR) is 81.8 cm³/mol. The summed E-state index contributed by atoms with van der Waals surface area (Å²) in [6, 6.07) is 5.13. The van der Waals surface area contributed by atoms with Gasteiger partial charge in [-0.05, 0) is 53.6 Å². The van der Waals surface area contributed by atoms with E-state index in [0.29, 0.717) is 11.5 Å². The van der Waals surface area contributed by atoms with Crippen molar-refractivity contribution >= 4 is 28.5 Å². The molecule has 0 bridgehead atoms. The van der Waals surface area contributed by atoms with Crippen molar-refractivity contribution < 1.29 is 9.90 Å². The maximum atomic E-state index is 12.0. The fourth-order valence-corrected chi connectivity index (χ4v) is 2.39. The van der Waals surface area contributed by atoms with E-state index >= 15 is 0 Å². The molecule has 1 aromatic rings. The topological polar surface area (TPSA) is 49.3 Å². The normalized spacial score (nSPS) is 12.5. The first kappa shape index (κ1) is 15.3. The average molecular weight is 361 g/mol. The molecule has 0 saturated heterocycles. The number of nitrogens with one attached hydrogen (secondary N) is 1. The summed E-state index contributed by atoms with van der Waals surface area (Å²) in [4.78, 5) is 12.0. The number of rotatable bonds is 5. The molecule has 0 aliphatic carbocycles. The van der Waals surface area contributed by atoms with Gasteiger partial charge in [0.1, 0.15) is 5.75 Å². The van der Waals surface area contributed by atoms with E-state index < -0.39 is 0 Å². The van der Waals surface area contributed by atoms with Gasteiger partial charge < -0.3 is 10.4 Å². The molecule has 1 rings (SSSR count). The number of carbonyl (C=O) groups excluding carboxylic acids is 1. The minimum Gasteiger partial charge on any atom is -0.507 e. The minimum atomic E-state index is -0.124. The van der Waals surface area contributed by atoms with Gasteiger partial charge in [0.25, 0.3) is 5.91 Å². The first-order valence-corrected chi connectivity index (χ1v) is 7.36. The third-order valence-electron chi connectivity index (χ3n) is 3.32. The number of hydrogen-bond acceptors (Lipinski definition) is 2. The lowest BCUT2D eigenvalue weighted by atomic mass is 9.95. The van der Waals surface area contributed by atoms with Gasteiger partial charge in [0.2, 0.25) is 0 Å². The van der Waals surface area contributed by atoms with Crippen LogP contribution in [0.3, 0.4) is 0 Å². The summed E-state index contributed by atoms with van der Waals surface area (Å²) in [5, 5.41) is 12.6. The Morgan fingerprint density at radius 3 is 2.50 bits per heavy atom. The molecule has 1 atom stereocenters. The number of carbonyl (C=O) groups is 1. The van der Waals surface area contributed by atoms with Gasteiger partial charge in [-0.2, -0.15) is 0 Å². The summed E-state index contributed by atoms with van der Waals surface area (Å²) < 4.78 is 0.747. The van der Waals surface area contributed by atoms with Gasteiger partial charge in [-0.15, -0.1) is 0 Å². The van der Waals surface area contributed by atoms with Crippen molar-refractivity contribution in [2.75, 3.05) is 0 Å². The van der Waals surface area contributed by atoms with Gasteiger partial charge >= 0.3 is 0 Å². The first-order valence-electron chi connectivity index (χ1n) is 6.28. The lowest BCUT2D eigenvalue weighted by Gasteiger charge is -2.22. The third kappa shape index (κ3) is 3.86. The Balaban J connectivity index is 2.73. The van der Waals surface area contributed by atoms with Crippen molar-refractivity contribution in [2.24, 2.45) is 5.92 Å². The molecule has 1 amide bonds. The van der Waals surface area contributed by atoms with Crippen molar-refractivity contribution in [3.63, 3.8) is 0 Å².